The maximum atomic E-state index is 11.7. The number of non-ortho nitro benzene ring substituents is 1. The molecule has 0 atom stereocenters. The van der Waals surface area contributed by atoms with Crippen LogP contribution in [-0.2, 0) is 20.2 Å². The van der Waals surface area contributed by atoms with Gasteiger partial charge in [-0.05, 0) is 138 Å². The van der Waals surface area contributed by atoms with Crippen LogP contribution in [0.1, 0.15) is 364 Å². The van der Waals surface area contributed by atoms with Gasteiger partial charge in [0.15, 0.2) is 11.4 Å². The highest BCUT2D eigenvalue weighted by atomic mass is 32.2. The van der Waals surface area contributed by atoms with Crippen LogP contribution in [-0.4, -0.2) is 90.2 Å². The fraction of sp³-hybridized carbons (Fsp3) is 0.800. The summed E-state index contributed by atoms with van der Waals surface area (Å²) in [5.74, 6) is -0.954. The van der Waals surface area contributed by atoms with Gasteiger partial charge in [-0.2, -0.15) is 0 Å². The number of aromatic hydroxyl groups is 1. The summed E-state index contributed by atoms with van der Waals surface area (Å²) in [7, 11) is -11.7. The second-order valence-corrected chi connectivity index (χ2v) is 40.5. The Morgan fingerprint density at radius 2 is 0.636 bits per heavy atom. The van der Waals surface area contributed by atoms with Gasteiger partial charge in [-0.3, -0.25) is 20.2 Å². The highest BCUT2D eigenvalue weighted by Crippen LogP contribution is 2.63. The third kappa shape index (κ3) is 44.3. The van der Waals surface area contributed by atoms with Crippen LogP contribution in [0, 0.1) is 20.2 Å². The number of hydrogen-bond acceptors (Lipinski definition) is 13. The summed E-state index contributed by atoms with van der Waals surface area (Å²) in [6.07, 6.45) is 84.2. The normalized spacial score (nSPS) is 12.1. The van der Waals surface area contributed by atoms with Crippen LogP contribution in [0.5, 0.6) is 5.75 Å². The number of benzene rings is 3. The largest absolute Gasteiger partial charge is 0.744 e. The predicted octanol–water partition coefficient (Wildman–Crippen LogP) is 27.5. The van der Waals surface area contributed by atoms with Crippen LogP contribution in [0.2, 0.25) is 0 Å². The van der Waals surface area contributed by atoms with Crippen molar-refractivity contribution in [2.75, 3.05) is 49.3 Å². The van der Waals surface area contributed by atoms with E-state index < -0.39 is 82.9 Å². The standard InChI is InChI=1S/2C32H68P.C16H10N4O11S2/c2*1-5-9-13-17-18-19-20-21-22-23-24-28-32-33(29-25-14-10-6-2,30-26-15-11-7-3)31-27-16-12-8-4;21-16-11-3-2-10(32(26,27)28)5-8(11)6-14(33(29,30)31)15(16)18-17-12-4-1-9(19(22)23)7-13(12)20(24)25/h2*5-32H2,1-4H3;1-7,21H,(H,26,27,28)(H,29,30,31)/q2*+1;/p-2/b;;18-17+. The van der Waals surface area contributed by atoms with Crippen LogP contribution in [0.3, 0.4) is 0 Å². The van der Waals surface area contributed by atoms with E-state index in [2.05, 4.69) is 65.6 Å². The Morgan fingerprint density at radius 3 is 0.899 bits per heavy atom. The first kappa shape index (κ1) is 93.8. The van der Waals surface area contributed by atoms with Gasteiger partial charge in [-0.1, -0.05) is 261 Å². The lowest BCUT2D eigenvalue weighted by Gasteiger charge is -2.28. The monoisotopic (exact) mass is 1460 g/mol. The van der Waals surface area contributed by atoms with E-state index in [1.54, 1.807) is 101 Å². The number of nitro groups is 2. The maximum Gasteiger partial charge on any atom is 0.303 e. The summed E-state index contributed by atoms with van der Waals surface area (Å²) in [5, 5.41) is 38.8. The molecule has 99 heavy (non-hydrogen) atoms. The van der Waals surface area contributed by atoms with Gasteiger partial charge in [0.2, 0.25) is 0 Å². The molecule has 0 aliphatic carbocycles. The van der Waals surface area contributed by atoms with Gasteiger partial charge in [0.25, 0.3) is 5.69 Å². The molecule has 0 radical (unpaired) electrons. The summed E-state index contributed by atoms with van der Waals surface area (Å²) in [4.78, 5) is 18.2. The second kappa shape index (κ2) is 59.1. The van der Waals surface area contributed by atoms with Crippen molar-refractivity contribution < 1.29 is 40.9 Å². The Morgan fingerprint density at radius 1 is 0.354 bits per heavy atom. The first-order valence-corrected chi connectivity index (χ1v) is 48.3. The average molecular weight is 1460 g/mol. The summed E-state index contributed by atoms with van der Waals surface area (Å²) in [5.41, 5.74) is -3.00. The number of phenols is 1. The van der Waals surface area contributed by atoms with Crippen molar-refractivity contribution in [2.24, 2.45) is 10.2 Å². The molecule has 0 aromatic heterocycles. The number of nitrogens with zero attached hydrogens (tertiary/aromatic N) is 4. The number of rotatable bonds is 62. The van der Waals surface area contributed by atoms with Crippen molar-refractivity contribution in [2.45, 2.75) is 373 Å². The molecule has 0 heterocycles. The smallest absolute Gasteiger partial charge is 0.303 e. The molecule has 0 aliphatic rings. The van der Waals surface area contributed by atoms with Gasteiger partial charge in [-0.15, -0.1) is 10.2 Å². The van der Waals surface area contributed by atoms with Crippen molar-refractivity contribution in [1.82, 2.24) is 0 Å². The van der Waals surface area contributed by atoms with E-state index in [9.17, 15) is 51.3 Å². The van der Waals surface area contributed by atoms with E-state index in [4.69, 9.17) is 0 Å². The first-order valence-electron chi connectivity index (χ1n) is 40.4. The minimum Gasteiger partial charge on any atom is -0.744 e. The Bertz CT molecular complexity index is 2680. The number of phenolic OH excluding ortho intramolecular Hbond substituents is 1. The van der Waals surface area contributed by atoms with Gasteiger partial charge in [-0.25, -0.2) is 16.8 Å². The highest BCUT2D eigenvalue weighted by Gasteiger charge is 2.36. The summed E-state index contributed by atoms with van der Waals surface area (Å²) in [6, 6.07) is 5.41. The van der Waals surface area contributed by atoms with Gasteiger partial charge >= 0.3 is 5.69 Å². The van der Waals surface area contributed by atoms with E-state index >= 15 is 0 Å². The topological polar surface area (TPSA) is 246 Å². The molecule has 0 fully saturated rings. The zero-order chi connectivity index (χ0) is 73.3. The fourth-order valence-electron chi connectivity index (χ4n) is 13.9. The molecular formula is C80H144N4O11P2S2. The average Bonchev–Trinajstić information content (AvgIpc) is 0.763. The van der Waals surface area contributed by atoms with Crippen molar-refractivity contribution >= 4 is 68.3 Å². The second-order valence-electron chi connectivity index (χ2n) is 28.9. The molecule has 1 N–H and O–H groups in total. The van der Waals surface area contributed by atoms with Crippen LogP contribution >= 0.6 is 14.5 Å². The number of nitro benzene ring substituents is 2. The van der Waals surface area contributed by atoms with Crippen LogP contribution in [0.4, 0.5) is 22.7 Å². The van der Waals surface area contributed by atoms with E-state index in [1.165, 1.54) is 257 Å². The lowest BCUT2D eigenvalue weighted by Crippen LogP contribution is -2.13. The zero-order valence-corrected chi connectivity index (χ0v) is 67.6. The molecule has 15 nitrogen and oxygen atoms in total. The van der Waals surface area contributed by atoms with Crippen LogP contribution in [0.15, 0.2) is 62.5 Å². The Kier molecular flexibility index (Phi) is 56.0. The molecule has 572 valence electrons. The molecule has 3 aromatic rings. The molecule has 3 aromatic carbocycles. The van der Waals surface area contributed by atoms with Gasteiger partial charge < -0.3 is 14.2 Å². The van der Waals surface area contributed by atoms with E-state index in [1.807, 2.05) is 0 Å². The molecule has 0 saturated heterocycles. The molecule has 19 heteroatoms. The molecule has 0 unspecified atom stereocenters. The van der Waals surface area contributed by atoms with Crippen molar-refractivity contribution in [1.29, 1.82) is 0 Å². The molecular weight excluding hydrogens is 1320 g/mol. The van der Waals surface area contributed by atoms with Gasteiger partial charge in [0.1, 0.15) is 25.9 Å². The SMILES string of the molecule is CCCCCCCCCCCCCC[P+](CCCCCC)(CCCCCC)CCCCCC.CCCCCCCCCCCCCC[P+](CCCCCC)(CCCCCC)CCCCCC.O=[N+]([O-])c1ccc(/N=N/c2c(S(=O)(=O)[O-])cc3cc(S(=O)(=O)[O-])ccc3c2O)c([N+](=O)[O-])c1. The minimum atomic E-state index is -5.36. The first-order chi connectivity index (χ1) is 47.7. The fourth-order valence-corrected chi connectivity index (χ4v) is 24.9. The Balaban J connectivity index is 0.000000742. The quantitative estimate of drug-likeness (QED) is 0.0139. The lowest BCUT2D eigenvalue weighted by atomic mass is 10.1. The molecule has 0 bridgehead atoms. The van der Waals surface area contributed by atoms with E-state index in [0.29, 0.717) is 12.1 Å². The number of azo groups is 1. The highest BCUT2D eigenvalue weighted by molar-refractivity contribution is 7.86. The van der Waals surface area contributed by atoms with Crippen LogP contribution in [0.25, 0.3) is 10.8 Å². The minimum absolute atomic E-state index is 0.220. The van der Waals surface area contributed by atoms with Crippen molar-refractivity contribution in [3.05, 3.63) is 62.7 Å². The third-order valence-corrected chi connectivity index (χ3v) is 31.9. The number of hydrogen-bond donors (Lipinski definition) is 1. The Labute approximate surface area is 607 Å². The lowest BCUT2D eigenvalue weighted by molar-refractivity contribution is -0.393. The maximum absolute atomic E-state index is 11.7. The molecule has 0 amide bonds. The molecule has 0 aliphatic heterocycles. The summed E-state index contributed by atoms with van der Waals surface area (Å²) >= 11 is 0. The Hall–Kier alpha value is -3.20. The predicted molar refractivity (Wildman–Crippen MR) is 425 cm³/mol. The molecule has 0 spiro atoms. The van der Waals surface area contributed by atoms with E-state index in [0.717, 1.165) is 30.3 Å². The third-order valence-electron chi connectivity index (χ3n) is 20.1. The van der Waals surface area contributed by atoms with Crippen LogP contribution < -0.4 is 0 Å². The van der Waals surface area contributed by atoms with Gasteiger partial charge in [0, 0.05) is 26.0 Å². The summed E-state index contributed by atoms with van der Waals surface area (Å²) in [6.45, 7) is 18.8. The zero-order valence-electron chi connectivity index (χ0n) is 64.2. The summed E-state index contributed by atoms with van der Waals surface area (Å²) < 4.78 is 68.7. The molecule has 0 saturated carbocycles. The number of fused-ring (bicyclic) bond motifs is 1. The van der Waals surface area contributed by atoms with Gasteiger partial charge in [0.05, 0.1) is 75.0 Å². The molecule has 3 rings (SSSR count). The van der Waals surface area contributed by atoms with Crippen molar-refractivity contribution in [3.8, 4) is 5.75 Å². The number of unbranched alkanes of at least 4 members (excludes halogenated alkanes) is 40. The van der Waals surface area contributed by atoms with Crippen molar-refractivity contribution in [3.63, 3.8) is 0 Å². The van der Waals surface area contributed by atoms with E-state index in [-0.39, 0.29) is 10.8 Å².